The Morgan fingerprint density at radius 2 is 1.87 bits per heavy atom. The largest absolute Gasteiger partial charge is 0.465 e. The average Bonchev–Trinajstić information content (AvgIpc) is 3.34. The molecule has 1 unspecified atom stereocenters. The number of nitrogens with zero attached hydrogens (tertiary/aromatic N) is 3. The van der Waals surface area contributed by atoms with E-state index in [1.165, 1.54) is 16.7 Å². The summed E-state index contributed by atoms with van der Waals surface area (Å²) in [7, 11) is 0. The lowest BCUT2D eigenvalue weighted by Crippen LogP contribution is -2.56. The van der Waals surface area contributed by atoms with Crippen molar-refractivity contribution in [2.24, 2.45) is 11.8 Å². The van der Waals surface area contributed by atoms with Crippen LogP contribution in [0.4, 0.5) is 11.4 Å². The van der Waals surface area contributed by atoms with Gasteiger partial charge in [0.15, 0.2) is 0 Å². The number of allylic oxidation sites excluding steroid dienone is 1. The number of esters is 1. The lowest BCUT2D eigenvalue weighted by molar-refractivity contribution is -0.153. The maximum absolute atomic E-state index is 14.4. The zero-order valence-electron chi connectivity index (χ0n) is 22.3. The average molecular weight is 540 g/mol. The molecule has 1 aromatic rings. The minimum atomic E-state index is -0.925. The number of thioether (sulfide) groups is 1. The smallest absolute Gasteiger partial charge is 0.311 e. The van der Waals surface area contributed by atoms with E-state index in [1.54, 1.807) is 11.8 Å². The molecule has 9 heteroatoms. The van der Waals surface area contributed by atoms with E-state index >= 15 is 0 Å². The third kappa shape index (κ3) is 4.24. The Bertz CT molecular complexity index is 1130. The second-order valence-electron chi connectivity index (χ2n) is 10.4. The number of cyclic esters (lactones) is 1. The molecule has 38 heavy (non-hydrogen) atoms. The summed E-state index contributed by atoms with van der Waals surface area (Å²) in [5.41, 5.74) is 1.84. The fourth-order valence-electron chi connectivity index (χ4n) is 6.42. The van der Waals surface area contributed by atoms with Gasteiger partial charge in [0.25, 0.3) is 5.91 Å². The van der Waals surface area contributed by atoms with Crippen molar-refractivity contribution in [3.05, 3.63) is 48.6 Å². The second kappa shape index (κ2) is 10.8. The zero-order chi connectivity index (χ0) is 27.0. The highest BCUT2D eigenvalue weighted by Gasteiger charge is 2.71. The van der Waals surface area contributed by atoms with Crippen molar-refractivity contribution in [2.45, 2.75) is 55.7 Å². The number of aliphatic hydroxyl groups is 1. The number of hydrogen-bond acceptors (Lipinski definition) is 7. The number of rotatable bonds is 6. The Morgan fingerprint density at radius 1 is 1.13 bits per heavy atom. The number of amides is 2. The summed E-state index contributed by atoms with van der Waals surface area (Å²) in [5.74, 6) is -2.26. The number of anilines is 2. The van der Waals surface area contributed by atoms with E-state index in [4.69, 9.17) is 4.74 Å². The van der Waals surface area contributed by atoms with Crippen LogP contribution in [0, 0.1) is 11.8 Å². The van der Waals surface area contributed by atoms with Crippen LogP contribution in [0.5, 0.6) is 0 Å². The van der Waals surface area contributed by atoms with E-state index in [0.717, 1.165) is 37.3 Å². The number of carbonyl (C=O) groups excluding carboxylic acids is 3. The summed E-state index contributed by atoms with van der Waals surface area (Å²) in [5, 5.41) is 9.82. The Labute approximate surface area is 228 Å². The monoisotopic (exact) mass is 539 g/mol. The number of hydrogen-bond donors (Lipinski definition) is 1. The van der Waals surface area contributed by atoms with E-state index < -0.39 is 28.7 Å². The van der Waals surface area contributed by atoms with Gasteiger partial charge in [-0.15, -0.1) is 11.8 Å². The highest BCUT2D eigenvalue weighted by molar-refractivity contribution is 8.02. The topological polar surface area (TPSA) is 90.4 Å². The van der Waals surface area contributed by atoms with Crippen molar-refractivity contribution in [2.75, 3.05) is 42.6 Å². The number of benzene rings is 1. The summed E-state index contributed by atoms with van der Waals surface area (Å²) in [4.78, 5) is 47.3. The lowest BCUT2D eigenvalue weighted by Gasteiger charge is -2.37. The minimum Gasteiger partial charge on any atom is -0.465 e. The van der Waals surface area contributed by atoms with Crippen LogP contribution in [0.1, 0.15) is 33.6 Å². The molecule has 6 atom stereocenters. The van der Waals surface area contributed by atoms with Crippen LogP contribution in [0.2, 0.25) is 0 Å². The summed E-state index contributed by atoms with van der Waals surface area (Å²) >= 11 is 1.52. The van der Waals surface area contributed by atoms with Gasteiger partial charge in [0, 0.05) is 36.3 Å². The molecule has 2 fully saturated rings. The number of aliphatic hydroxyl groups excluding tert-OH is 1. The summed E-state index contributed by atoms with van der Waals surface area (Å²) in [6, 6.07) is 6.53. The van der Waals surface area contributed by atoms with Crippen LogP contribution in [0.3, 0.4) is 0 Å². The molecule has 1 N–H and O–H groups in total. The van der Waals surface area contributed by atoms with Crippen molar-refractivity contribution in [3.8, 4) is 0 Å². The first-order chi connectivity index (χ1) is 18.4. The maximum atomic E-state index is 14.4. The highest BCUT2D eigenvalue weighted by Crippen LogP contribution is 2.61. The summed E-state index contributed by atoms with van der Waals surface area (Å²) in [6.07, 6.45) is 9.56. The predicted molar refractivity (Wildman–Crippen MR) is 149 cm³/mol. The third-order valence-electron chi connectivity index (χ3n) is 8.32. The second-order valence-corrected chi connectivity index (χ2v) is 11.9. The zero-order valence-corrected chi connectivity index (χ0v) is 23.1. The first kappa shape index (κ1) is 26.8. The van der Waals surface area contributed by atoms with Crippen LogP contribution in [-0.2, 0) is 19.1 Å². The molecule has 204 valence electrons. The van der Waals surface area contributed by atoms with Gasteiger partial charge in [-0.05, 0) is 57.9 Å². The first-order valence-corrected chi connectivity index (χ1v) is 14.5. The van der Waals surface area contributed by atoms with Gasteiger partial charge in [-0.25, -0.2) is 0 Å². The highest BCUT2D eigenvalue weighted by atomic mass is 32.2. The number of fused-ring (bicyclic) bond motifs is 2. The van der Waals surface area contributed by atoms with Crippen LogP contribution < -0.4 is 9.80 Å². The quantitative estimate of drug-likeness (QED) is 0.439. The molecule has 0 radical (unpaired) electrons. The van der Waals surface area contributed by atoms with Gasteiger partial charge in [-0.1, -0.05) is 24.3 Å². The van der Waals surface area contributed by atoms with Crippen molar-refractivity contribution < 1.29 is 24.2 Å². The van der Waals surface area contributed by atoms with E-state index in [-0.39, 0.29) is 29.6 Å². The molecular formula is C29H37N3O5S. The van der Waals surface area contributed by atoms with Gasteiger partial charge in [-0.3, -0.25) is 14.4 Å². The molecule has 8 nitrogen and oxygen atoms in total. The minimum absolute atomic E-state index is 0.196. The van der Waals surface area contributed by atoms with Crippen LogP contribution in [0.25, 0.3) is 0 Å². The Balaban J connectivity index is 1.56. The van der Waals surface area contributed by atoms with Gasteiger partial charge in [0.1, 0.15) is 6.04 Å². The van der Waals surface area contributed by atoms with E-state index in [2.05, 4.69) is 24.8 Å². The van der Waals surface area contributed by atoms with Gasteiger partial charge < -0.3 is 24.5 Å². The van der Waals surface area contributed by atoms with Crippen molar-refractivity contribution in [3.63, 3.8) is 0 Å². The van der Waals surface area contributed by atoms with Gasteiger partial charge in [0.05, 0.1) is 35.8 Å². The molecule has 1 aromatic carbocycles. The molecule has 0 bridgehead atoms. The molecule has 2 saturated heterocycles. The molecule has 0 aromatic heterocycles. The molecule has 0 saturated carbocycles. The van der Waals surface area contributed by atoms with Crippen molar-refractivity contribution >= 4 is 40.9 Å². The molecule has 4 aliphatic rings. The third-order valence-corrected chi connectivity index (χ3v) is 10.1. The van der Waals surface area contributed by atoms with Crippen LogP contribution in [-0.4, -0.2) is 82.7 Å². The van der Waals surface area contributed by atoms with Gasteiger partial charge in [-0.2, -0.15) is 0 Å². The van der Waals surface area contributed by atoms with Crippen LogP contribution in [0.15, 0.2) is 48.6 Å². The summed E-state index contributed by atoms with van der Waals surface area (Å²) in [6.45, 7) is 8.15. The molecule has 5 rings (SSSR count). The SMILES string of the molecule is CCN(CC)c1ccc(N2CC=C[C@]34S[C@@H]5/C=C\CCCOC(=O)[C@@H]5[C@H]3C(=O)N([C@H](C)CO)C4C2=O)cc1. The van der Waals surface area contributed by atoms with Gasteiger partial charge in [0.2, 0.25) is 5.91 Å². The fourth-order valence-corrected chi connectivity index (χ4v) is 8.41. The lowest BCUT2D eigenvalue weighted by atomic mass is 9.78. The summed E-state index contributed by atoms with van der Waals surface area (Å²) < 4.78 is 4.67. The molecule has 1 spiro atoms. The number of ether oxygens (including phenoxy) is 1. The number of likely N-dealkylation sites (tertiary alicyclic amines) is 1. The maximum Gasteiger partial charge on any atom is 0.311 e. The van der Waals surface area contributed by atoms with Crippen molar-refractivity contribution in [1.82, 2.24) is 4.90 Å². The molecule has 2 amide bonds. The standard InChI is InChI=1S/C29H37N3O5S/c1-4-30(5-2)20-11-13-21(14-12-20)31-16-9-15-29-24(26(34)32(19(3)18-33)25(29)27(31)35)23-22(38-29)10-7-6-8-17-37-28(23)36/h7,9-15,19,22-25,33H,4-6,8,16-18H2,1-3H3/b10-7-/t19-,22-,23+,24+,25?,29+/m1/s1. The Kier molecular flexibility index (Phi) is 7.60. The van der Waals surface area contributed by atoms with Crippen LogP contribution >= 0.6 is 11.8 Å². The molecule has 0 aliphatic carbocycles. The van der Waals surface area contributed by atoms with E-state index in [1.807, 2.05) is 42.5 Å². The Morgan fingerprint density at radius 3 is 2.55 bits per heavy atom. The molecule has 4 heterocycles. The van der Waals surface area contributed by atoms with E-state index in [9.17, 15) is 19.5 Å². The van der Waals surface area contributed by atoms with E-state index in [0.29, 0.717) is 13.2 Å². The molecular weight excluding hydrogens is 502 g/mol. The molecule has 4 aliphatic heterocycles. The normalized spacial score (nSPS) is 32.4. The van der Waals surface area contributed by atoms with Crippen molar-refractivity contribution in [1.29, 1.82) is 0 Å². The van der Waals surface area contributed by atoms with Gasteiger partial charge >= 0.3 is 5.97 Å². The Hall–Kier alpha value is -2.78. The number of carbonyl (C=O) groups is 3. The first-order valence-electron chi connectivity index (χ1n) is 13.7. The fraction of sp³-hybridized carbons (Fsp3) is 0.552. The predicted octanol–water partition coefficient (Wildman–Crippen LogP) is 3.01.